The predicted molar refractivity (Wildman–Crippen MR) is 71.7 cm³/mol. The molecule has 0 saturated carbocycles. The van der Waals surface area contributed by atoms with Crippen molar-refractivity contribution in [1.82, 2.24) is 9.88 Å². The standard InChI is InChI=1S/C15H20N2O2/c18-15(8-12-4-3-7-19-11-12)17-9-13(10-17)14-5-1-2-6-16-14/h1-2,5-6,12-13H,3-4,7-11H2/t12-/m0/s1. The highest BCUT2D eigenvalue weighted by Gasteiger charge is 2.33. The Morgan fingerprint density at radius 3 is 3.00 bits per heavy atom. The van der Waals surface area contributed by atoms with Crippen LogP contribution in [0, 0.1) is 5.92 Å². The van der Waals surface area contributed by atoms with Gasteiger partial charge in [0.2, 0.25) is 5.91 Å². The Morgan fingerprint density at radius 1 is 1.42 bits per heavy atom. The average Bonchev–Trinajstić information content (AvgIpc) is 2.39. The van der Waals surface area contributed by atoms with E-state index in [2.05, 4.69) is 4.98 Å². The highest BCUT2D eigenvalue weighted by atomic mass is 16.5. The van der Waals surface area contributed by atoms with E-state index in [9.17, 15) is 4.79 Å². The maximum Gasteiger partial charge on any atom is 0.222 e. The molecule has 0 bridgehead atoms. The van der Waals surface area contributed by atoms with E-state index in [0.29, 0.717) is 18.3 Å². The first kappa shape index (κ1) is 12.6. The van der Waals surface area contributed by atoms with Gasteiger partial charge in [0.15, 0.2) is 0 Å². The summed E-state index contributed by atoms with van der Waals surface area (Å²) in [5.41, 5.74) is 1.10. The van der Waals surface area contributed by atoms with Gasteiger partial charge in [-0.2, -0.15) is 0 Å². The second kappa shape index (κ2) is 5.70. The van der Waals surface area contributed by atoms with E-state index in [4.69, 9.17) is 4.74 Å². The van der Waals surface area contributed by atoms with Gasteiger partial charge in [-0.1, -0.05) is 6.07 Å². The molecule has 2 fully saturated rings. The van der Waals surface area contributed by atoms with Crippen LogP contribution in [-0.4, -0.2) is 42.1 Å². The molecule has 3 heterocycles. The largest absolute Gasteiger partial charge is 0.381 e. The Balaban J connectivity index is 1.46. The lowest BCUT2D eigenvalue weighted by molar-refractivity contribution is -0.137. The van der Waals surface area contributed by atoms with E-state index in [1.807, 2.05) is 29.3 Å². The number of hydrogen-bond donors (Lipinski definition) is 0. The maximum absolute atomic E-state index is 12.1. The Kier molecular flexibility index (Phi) is 3.78. The van der Waals surface area contributed by atoms with Crippen molar-refractivity contribution in [2.45, 2.75) is 25.2 Å². The van der Waals surface area contributed by atoms with Gasteiger partial charge in [-0.3, -0.25) is 9.78 Å². The third kappa shape index (κ3) is 2.95. The number of carbonyl (C=O) groups excluding carboxylic acids is 1. The van der Waals surface area contributed by atoms with Crippen LogP contribution in [-0.2, 0) is 9.53 Å². The third-order valence-electron chi connectivity index (χ3n) is 4.06. The van der Waals surface area contributed by atoms with Crippen molar-refractivity contribution < 1.29 is 9.53 Å². The van der Waals surface area contributed by atoms with Crippen LogP contribution in [0.2, 0.25) is 0 Å². The van der Waals surface area contributed by atoms with Gasteiger partial charge in [0.1, 0.15) is 0 Å². The van der Waals surface area contributed by atoms with Crippen LogP contribution in [0.25, 0.3) is 0 Å². The van der Waals surface area contributed by atoms with Crippen molar-refractivity contribution in [2.24, 2.45) is 5.92 Å². The summed E-state index contributed by atoms with van der Waals surface area (Å²) in [4.78, 5) is 18.4. The zero-order chi connectivity index (χ0) is 13.1. The number of amides is 1. The first-order valence-electron chi connectivity index (χ1n) is 7.09. The highest BCUT2D eigenvalue weighted by Crippen LogP contribution is 2.27. The van der Waals surface area contributed by atoms with Crippen LogP contribution in [0.5, 0.6) is 0 Å². The average molecular weight is 260 g/mol. The summed E-state index contributed by atoms with van der Waals surface area (Å²) in [5, 5.41) is 0. The van der Waals surface area contributed by atoms with Crippen molar-refractivity contribution >= 4 is 5.91 Å². The Hall–Kier alpha value is -1.42. The molecule has 1 aromatic rings. The lowest BCUT2D eigenvalue weighted by atomic mass is 9.92. The number of hydrogen-bond acceptors (Lipinski definition) is 3. The summed E-state index contributed by atoms with van der Waals surface area (Å²) in [6.45, 7) is 3.26. The fraction of sp³-hybridized carbons (Fsp3) is 0.600. The SMILES string of the molecule is O=C(C[C@@H]1CCCOC1)N1CC(c2ccccn2)C1. The van der Waals surface area contributed by atoms with E-state index in [0.717, 1.165) is 44.8 Å². The molecule has 102 valence electrons. The Bertz CT molecular complexity index is 423. The molecule has 3 rings (SSSR count). The van der Waals surface area contributed by atoms with E-state index >= 15 is 0 Å². The number of pyridine rings is 1. The normalized spacial score (nSPS) is 24.0. The molecule has 2 aliphatic rings. The Labute approximate surface area is 113 Å². The monoisotopic (exact) mass is 260 g/mol. The minimum absolute atomic E-state index is 0.280. The van der Waals surface area contributed by atoms with Crippen LogP contribution in [0.15, 0.2) is 24.4 Å². The molecule has 2 saturated heterocycles. The molecular weight excluding hydrogens is 240 g/mol. The number of likely N-dealkylation sites (tertiary alicyclic amines) is 1. The third-order valence-corrected chi connectivity index (χ3v) is 4.06. The zero-order valence-corrected chi connectivity index (χ0v) is 11.1. The number of nitrogens with zero attached hydrogens (tertiary/aromatic N) is 2. The fourth-order valence-electron chi connectivity index (χ4n) is 2.83. The first-order valence-corrected chi connectivity index (χ1v) is 7.09. The quantitative estimate of drug-likeness (QED) is 0.832. The summed E-state index contributed by atoms with van der Waals surface area (Å²) in [7, 11) is 0. The number of aromatic nitrogens is 1. The number of rotatable bonds is 3. The molecule has 1 amide bonds. The molecule has 0 radical (unpaired) electrons. The molecule has 4 heteroatoms. The van der Waals surface area contributed by atoms with E-state index < -0.39 is 0 Å². The molecular formula is C15H20N2O2. The van der Waals surface area contributed by atoms with Gasteiger partial charge in [-0.15, -0.1) is 0 Å². The molecule has 0 aromatic carbocycles. The zero-order valence-electron chi connectivity index (χ0n) is 11.1. The second-order valence-corrected chi connectivity index (χ2v) is 5.54. The Morgan fingerprint density at radius 2 is 2.32 bits per heavy atom. The summed E-state index contributed by atoms with van der Waals surface area (Å²) in [6, 6.07) is 5.97. The summed E-state index contributed by atoms with van der Waals surface area (Å²) < 4.78 is 5.42. The fourth-order valence-corrected chi connectivity index (χ4v) is 2.83. The van der Waals surface area contributed by atoms with Gasteiger partial charge in [-0.25, -0.2) is 0 Å². The van der Waals surface area contributed by atoms with Gasteiger partial charge in [0.05, 0.1) is 0 Å². The van der Waals surface area contributed by atoms with Gasteiger partial charge in [0, 0.05) is 50.5 Å². The van der Waals surface area contributed by atoms with Crippen molar-refractivity contribution in [3.63, 3.8) is 0 Å². The van der Waals surface area contributed by atoms with E-state index in [1.54, 1.807) is 0 Å². The van der Waals surface area contributed by atoms with Gasteiger partial charge < -0.3 is 9.64 Å². The molecule has 4 nitrogen and oxygen atoms in total. The smallest absolute Gasteiger partial charge is 0.222 e. The summed E-state index contributed by atoms with van der Waals surface area (Å²) in [5.74, 6) is 1.13. The van der Waals surface area contributed by atoms with Crippen LogP contribution in [0.4, 0.5) is 0 Å². The van der Waals surface area contributed by atoms with Crippen LogP contribution in [0.1, 0.15) is 30.9 Å². The van der Waals surface area contributed by atoms with E-state index in [-0.39, 0.29) is 5.91 Å². The highest BCUT2D eigenvalue weighted by molar-refractivity contribution is 5.77. The van der Waals surface area contributed by atoms with Crippen LogP contribution < -0.4 is 0 Å². The first-order chi connectivity index (χ1) is 9.33. The van der Waals surface area contributed by atoms with Crippen LogP contribution in [0.3, 0.4) is 0 Å². The number of carbonyl (C=O) groups is 1. The molecule has 0 N–H and O–H groups in total. The van der Waals surface area contributed by atoms with Gasteiger partial charge >= 0.3 is 0 Å². The minimum atomic E-state index is 0.280. The molecule has 0 spiro atoms. The number of ether oxygens (including phenoxy) is 1. The lowest BCUT2D eigenvalue weighted by Gasteiger charge is -2.39. The maximum atomic E-state index is 12.1. The molecule has 1 atom stereocenters. The molecule has 0 unspecified atom stereocenters. The molecule has 2 aliphatic heterocycles. The topological polar surface area (TPSA) is 42.4 Å². The molecule has 1 aromatic heterocycles. The van der Waals surface area contributed by atoms with Crippen LogP contribution >= 0.6 is 0 Å². The van der Waals surface area contributed by atoms with Crippen molar-refractivity contribution in [3.8, 4) is 0 Å². The minimum Gasteiger partial charge on any atom is -0.381 e. The second-order valence-electron chi connectivity index (χ2n) is 5.54. The van der Waals surface area contributed by atoms with Crippen molar-refractivity contribution in [3.05, 3.63) is 30.1 Å². The van der Waals surface area contributed by atoms with Crippen molar-refractivity contribution in [2.75, 3.05) is 26.3 Å². The lowest BCUT2D eigenvalue weighted by Crippen LogP contribution is -2.49. The molecule has 0 aliphatic carbocycles. The van der Waals surface area contributed by atoms with Crippen molar-refractivity contribution in [1.29, 1.82) is 0 Å². The van der Waals surface area contributed by atoms with Gasteiger partial charge in [-0.05, 0) is 30.9 Å². The van der Waals surface area contributed by atoms with E-state index in [1.165, 1.54) is 0 Å². The predicted octanol–water partition coefficient (Wildman–Crippen LogP) is 1.82. The summed E-state index contributed by atoms with van der Waals surface area (Å²) in [6.07, 6.45) is 4.69. The molecule has 19 heavy (non-hydrogen) atoms. The van der Waals surface area contributed by atoms with Gasteiger partial charge in [0.25, 0.3) is 0 Å². The summed E-state index contributed by atoms with van der Waals surface area (Å²) >= 11 is 0.